The van der Waals surface area contributed by atoms with Crippen LogP contribution in [0.2, 0.25) is 0 Å². The number of hydrogen-bond acceptors (Lipinski definition) is 5. The van der Waals surface area contributed by atoms with Gasteiger partial charge in [0.1, 0.15) is 18.1 Å². The van der Waals surface area contributed by atoms with Crippen LogP contribution in [-0.2, 0) is 17.8 Å². The smallest absolute Gasteiger partial charge is 0.191 e. The lowest BCUT2D eigenvalue weighted by molar-refractivity contribution is 0.0322. The number of nitrogens with zero attached hydrogens (tertiary/aromatic N) is 2. The quantitative estimate of drug-likeness (QED) is 0.305. The predicted molar refractivity (Wildman–Crippen MR) is 125 cm³/mol. The van der Waals surface area contributed by atoms with Crippen molar-refractivity contribution in [1.82, 2.24) is 15.5 Å². The molecule has 8 heteroatoms. The van der Waals surface area contributed by atoms with Gasteiger partial charge in [0.15, 0.2) is 5.96 Å². The van der Waals surface area contributed by atoms with E-state index in [1.54, 1.807) is 6.26 Å². The Kier molecular flexibility index (Phi) is 10.9. The van der Waals surface area contributed by atoms with Gasteiger partial charge < -0.3 is 24.5 Å². The standard InChI is InChI=1S/C21H30N4O3.HI/c1-2-22-21(24-17-20-7-4-11-27-20)23-16-18-5-3-6-19(15-18)28-14-10-25-8-12-26-13-9-25;/h3-7,11,15H,2,8-10,12-14,16-17H2,1H3,(H2,22,23,24);1H. The molecule has 0 unspecified atom stereocenters. The van der Waals surface area contributed by atoms with E-state index < -0.39 is 0 Å². The zero-order valence-corrected chi connectivity index (χ0v) is 19.3. The molecule has 0 atom stereocenters. The van der Waals surface area contributed by atoms with Crippen LogP contribution in [0, 0.1) is 0 Å². The van der Waals surface area contributed by atoms with Gasteiger partial charge in [-0.05, 0) is 36.8 Å². The van der Waals surface area contributed by atoms with E-state index in [2.05, 4.69) is 32.7 Å². The summed E-state index contributed by atoms with van der Waals surface area (Å²) in [5, 5.41) is 6.53. The number of hydrogen-bond donors (Lipinski definition) is 2. The minimum Gasteiger partial charge on any atom is -0.492 e. The van der Waals surface area contributed by atoms with Gasteiger partial charge in [0.25, 0.3) is 0 Å². The monoisotopic (exact) mass is 514 g/mol. The second-order valence-electron chi connectivity index (χ2n) is 6.58. The Morgan fingerprint density at radius 3 is 2.79 bits per heavy atom. The SMILES string of the molecule is CCNC(=NCc1cccc(OCCN2CCOCC2)c1)NCc1ccco1.I. The zero-order valence-electron chi connectivity index (χ0n) is 16.9. The van der Waals surface area contributed by atoms with Crippen LogP contribution in [-0.4, -0.2) is 56.9 Å². The molecular formula is C21H31IN4O3. The average Bonchev–Trinajstić information content (AvgIpc) is 3.25. The molecule has 1 aliphatic rings. The van der Waals surface area contributed by atoms with Crippen LogP contribution in [0.4, 0.5) is 0 Å². The van der Waals surface area contributed by atoms with Crippen LogP contribution >= 0.6 is 24.0 Å². The summed E-state index contributed by atoms with van der Waals surface area (Å²) in [7, 11) is 0. The van der Waals surface area contributed by atoms with Crippen molar-refractivity contribution in [1.29, 1.82) is 0 Å². The number of nitrogens with one attached hydrogen (secondary N) is 2. The molecule has 29 heavy (non-hydrogen) atoms. The lowest BCUT2D eigenvalue weighted by atomic mass is 10.2. The molecule has 2 N–H and O–H groups in total. The van der Waals surface area contributed by atoms with E-state index in [0.717, 1.165) is 62.4 Å². The highest BCUT2D eigenvalue weighted by molar-refractivity contribution is 14.0. The van der Waals surface area contributed by atoms with E-state index in [4.69, 9.17) is 13.9 Å². The van der Waals surface area contributed by atoms with E-state index in [1.165, 1.54) is 0 Å². The lowest BCUT2D eigenvalue weighted by Gasteiger charge is -2.26. The van der Waals surface area contributed by atoms with Crippen molar-refractivity contribution in [2.75, 3.05) is 46.0 Å². The minimum absolute atomic E-state index is 0. The largest absolute Gasteiger partial charge is 0.492 e. The molecule has 1 fully saturated rings. The zero-order chi connectivity index (χ0) is 19.4. The second kappa shape index (κ2) is 13.4. The van der Waals surface area contributed by atoms with Gasteiger partial charge in [0.05, 0.1) is 32.6 Å². The Hall–Kier alpha value is -1.78. The third-order valence-corrected chi connectivity index (χ3v) is 4.45. The molecule has 0 amide bonds. The molecule has 0 aliphatic carbocycles. The first kappa shape index (κ1) is 23.5. The molecule has 0 saturated carbocycles. The summed E-state index contributed by atoms with van der Waals surface area (Å²) in [6.45, 7) is 9.23. The Morgan fingerprint density at radius 2 is 2.03 bits per heavy atom. The van der Waals surface area contributed by atoms with E-state index in [9.17, 15) is 0 Å². The van der Waals surface area contributed by atoms with Gasteiger partial charge in [-0.1, -0.05) is 12.1 Å². The van der Waals surface area contributed by atoms with Crippen molar-refractivity contribution in [3.63, 3.8) is 0 Å². The van der Waals surface area contributed by atoms with Gasteiger partial charge in [-0.15, -0.1) is 24.0 Å². The molecule has 1 aromatic heterocycles. The van der Waals surface area contributed by atoms with Crippen molar-refractivity contribution >= 4 is 29.9 Å². The van der Waals surface area contributed by atoms with Crippen molar-refractivity contribution in [3.8, 4) is 5.75 Å². The van der Waals surface area contributed by atoms with Gasteiger partial charge in [0.2, 0.25) is 0 Å². The Labute approximate surface area is 189 Å². The molecule has 7 nitrogen and oxygen atoms in total. The summed E-state index contributed by atoms with van der Waals surface area (Å²) in [5.41, 5.74) is 1.11. The fourth-order valence-electron chi connectivity index (χ4n) is 2.95. The van der Waals surface area contributed by atoms with E-state index in [1.807, 2.05) is 31.2 Å². The third-order valence-electron chi connectivity index (χ3n) is 4.45. The van der Waals surface area contributed by atoms with Crippen LogP contribution in [0.1, 0.15) is 18.2 Å². The van der Waals surface area contributed by atoms with E-state index in [0.29, 0.717) is 19.7 Å². The van der Waals surface area contributed by atoms with Crippen molar-refractivity contribution in [2.45, 2.75) is 20.0 Å². The minimum atomic E-state index is 0. The first-order chi connectivity index (χ1) is 13.8. The normalized spacial score (nSPS) is 14.9. The number of aliphatic imine (C=N–C) groups is 1. The van der Waals surface area contributed by atoms with Crippen molar-refractivity contribution in [3.05, 3.63) is 54.0 Å². The van der Waals surface area contributed by atoms with Gasteiger partial charge >= 0.3 is 0 Å². The molecular weight excluding hydrogens is 483 g/mol. The number of furan rings is 1. The van der Waals surface area contributed by atoms with E-state index >= 15 is 0 Å². The molecule has 2 aromatic rings. The van der Waals surface area contributed by atoms with Crippen LogP contribution in [0.15, 0.2) is 52.1 Å². The maximum atomic E-state index is 5.93. The highest BCUT2D eigenvalue weighted by Gasteiger charge is 2.09. The Morgan fingerprint density at radius 1 is 1.17 bits per heavy atom. The fourth-order valence-corrected chi connectivity index (χ4v) is 2.95. The van der Waals surface area contributed by atoms with Gasteiger partial charge in [-0.3, -0.25) is 4.90 Å². The summed E-state index contributed by atoms with van der Waals surface area (Å²) in [4.78, 5) is 7.02. The lowest BCUT2D eigenvalue weighted by Crippen LogP contribution is -2.38. The predicted octanol–water partition coefficient (Wildman–Crippen LogP) is 2.86. The van der Waals surface area contributed by atoms with Gasteiger partial charge in [-0.25, -0.2) is 4.99 Å². The fraction of sp³-hybridized carbons (Fsp3) is 0.476. The first-order valence-corrected chi connectivity index (χ1v) is 9.90. The van der Waals surface area contributed by atoms with Crippen LogP contribution in [0.25, 0.3) is 0 Å². The van der Waals surface area contributed by atoms with Gasteiger partial charge in [0, 0.05) is 26.2 Å². The summed E-state index contributed by atoms with van der Waals surface area (Å²) in [5.74, 6) is 2.52. The molecule has 160 valence electrons. The molecule has 1 aromatic carbocycles. The molecule has 3 rings (SSSR count). The third kappa shape index (κ3) is 8.63. The molecule has 2 heterocycles. The average molecular weight is 514 g/mol. The molecule has 0 bridgehead atoms. The summed E-state index contributed by atoms with van der Waals surface area (Å²) < 4.78 is 16.6. The van der Waals surface area contributed by atoms with Crippen molar-refractivity contribution in [2.24, 2.45) is 4.99 Å². The molecule has 0 spiro atoms. The number of benzene rings is 1. The topological polar surface area (TPSA) is 71.3 Å². The summed E-state index contributed by atoms with van der Waals surface area (Å²) in [6, 6.07) is 11.9. The highest BCUT2D eigenvalue weighted by Crippen LogP contribution is 2.14. The molecule has 0 radical (unpaired) electrons. The van der Waals surface area contributed by atoms with E-state index in [-0.39, 0.29) is 24.0 Å². The number of ether oxygens (including phenoxy) is 2. The first-order valence-electron chi connectivity index (χ1n) is 9.90. The number of rotatable bonds is 9. The van der Waals surface area contributed by atoms with Crippen LogP contribution < -0.4 is 15.4 Å². The number of halogens is 1. The molecule has 1 saturated heterocycles. The summed E-state index contributed by atoms with van der Waals surface area (Å²) >= 11 is 0. The van der Waals surface area contributed by atoms with Crippen LogP contribution in [0.3, 0.4) is 0 Å². The van der Waals surface area contributed by atoms with Gasteiger partial charge in [-0.2, -0.15) is 0 Å². The van der Waals surface area contributed by atoms with Crippen molar-refractivity contribution < 1.29 is 13.9 Å². The Bertz CT molecular complexity index is 718. The molecule has 1 aliphatic heterocycles. The summed E-state index contributed by atoms with van der Waals surface area (Å²) in [6.07, 6.45) is 1.67. The second-order valence-corrected chi connectivity index (χ2v) is 6.58. The highest BCUT2D eigenvalue weighted by atomic mass is 127. The maximum Gasteiger partial charge on any atom is 0.191 e. The number of morpholine rings is 1. The van der Waals surface area contributed by atoms with Crippen LogP contribution in [0.5, 0.6) is 5.75 Å². The maximum absolute atomic E-state index is 5.93. The Balaban J connectivity index is 0.00000300. The number of guanidine groups is 1.